The van der Waals surface area contributed by atoms with Crippen LogP contribution in [0.4, 0.5) is 9.39 Å². The molecule has 2 N–H and O–H groups in total. The van der Waals surface area contributed by atoms with Crippen LogP contribution in [-0.4, -0.2) is 61.1 Å². The predicted molar refractivity (Wildman–Crippen MR) is 149 cm³/mol. The Morgan fingerprint density at radius 1 is 1.05 bits per heavy atom. The Balaban J connectivity index is 1.62. The highest BCUT2D eigenvalue weighted by Crippen LogP contribution is 2.28. The van der Waals surface area contributed by atoms with E-state index in [-0.39, 0.29) is 11.7 Å². The molecular formula is C28H34FN5O2S. The van der Waals surface area contributed by atoms with Gasteiger partial charge in [0, 0.05) is 25.2 Å². The van der Waals surface area contributed by atoms with Crippen molar-refractivity contribution in [3.63, 3.8) is 0 Å². The third-order valence-electron chi connectivity index (χ3n) is 6.01. The number of hydrogen-bond acceptors (Lipinski definition) is 6. The van der Waals surface area contributed by atoms with Crippen LogP contribution in [0.5, 0.6) is 0 Å². The van der Waals surface area contributed by atoms with Crippen LogP contribution in [0.2, 0.25) is 0 Å². The minimum atomic E-state index is -0.434. The largest absolute Gasteiger partial charge is 0.313 e. The lowest BCUT2D eigenvalue weighted by Gasteiger charge is -2.23. The van der Waals surface area contributed by atoms with Crippen molar-refractivity contribution < 1.29 is 14.0 Å². The van der Waals surface area contributed by atoms with Crippen LogP contribution >= 0.6 is 11.3 Å². The molecule has 0 unspecified atom stereocenters. The van der Waals surface area contributed by atoms with Crippen molar-refractivity contribution in [1.29, 1.82) is 0 Å². The molecule has 0 atom stereocenters. The highest BCUT2D eigenvalue weighted by molar-refractivity contribution is 7.15. The molecule has 3 rings (SSSR count). The van der Waals surface area contributed by atoms with Gasteiger partial charge in [0.25, 0.3) is 11.8 Å². The second-order valence-electron chi connectivity index (χ2n) is 8.79. The molecule has 0 bridgehead atoms. The van der Waals surface area contributed by atoms with Gasteiger partial charge in [-0.3, -0.25) is 9.59 Å². The molecule has 1 heterocycles. The molecule has 7 nitrogen and oxygen atoms in total. The summed E-state index contributed by atoms with van der Waals surface area (Å²) in [7, 11) is 2.08. The maximum absolute atomic E-state index is 13.0. The number of hydrazone groups is 1. The number of carbonyl (C=O) groups is 2. The molecule has 1 aromatic heterocycles. The summed E-state index contributed by atoms with van der Waals surface area (Å²) in [5, 5.41) is 9.12. The number of aryl methyl sites for hydroxylation is 1. The quantitative estimate of drug-likeness (QED) is 0.259. The van der Waals surface area contributed by atoms with E-state index < -0.39 is 5.91 Å². The summed E-state index contributed by atoms with van der Waals surface area (Å²) in [5.74, 6) is -1.06. The second-order valence-corrected chi connectivity index (χ2v) is 9.67. The summed E-state index contributed by atoms with van der Waals surface area (Å²) in [6.45, 7) is 10.9. The second kappa shape index (κ2) is 13.8. The molecule has 37 heavy (non-hydrogen) atoms. The number of amides is 2. The van der Waals surface area contributed by atoms with E-state index >= 15 is 0 Å². The summed E-state index contributed by atoms with van der Waals surface area (Å²) in [5.41, 5.74) is 5.81. The van der Waals surface area contributed by atoms with Crippen LogP contribution in [0.25, 0.3) is 0 Å². The Labute approximate surface area is 222 Å². The lowest BCUT2D eigenvalue weighted by molar-refractivity contribution is 0.0956. The van der Waals surface area contributed by atoms with Crippen LogP contribution in [0, 0.1) is 12.7 Å². The lowest BCUT2D eigenvalue weighted by Crippen LogP contribution is -2.32. The normalized spacial score (nSPS) is 11.4. The molecule has 0 fully saturated rings. The van der Waals surface area contributed by atoms with Crippen molar-refractivity contribution >= 4 is 34.4 Å². The monoisotopic (exact) mass is 523 g/mol. The van der Waals surface area contributed by atoms with Crippen molar-refractivity contribution in [3.8, 4) is 0 Å². The van der Waals surface area contributed by atoms with Gasteiger partial charge < -0.3 is 15.1 Å². The number of rotatable bonds is 12. The van der Waals surface area contributed by atoms with Gasteiger partial charge in [-0.1, -0.05) is 38.1 Å². The number of nitrogens with one attached hydrogen (secondary N) is 2. The van der Waals surface area contributed by atoms with Gasteiger partial charge >= 0.3 is 0 Å². The summed E-state index contributed by atoms with van der Waals surface area (Å²) in [6, 6.07) is 13.3. The standard InChI is InChI=1S/C28H34FN5O2S/c1-5-34(6-2)15-14-33(4)18-22-8-7-9-23(16-22)26(35)31-28-25(20(3)19-37-28)27(36)32-30-17-21-10-12-24(29)13-11-21/h7-13,16-17,19H,5-6,14-15,18H2,1-4H3,(H,31,35)(H,32,36)/b30-17+. The fourth-order valence-corrected chi connectivity index (χ4v) is 4.75. The Kier molecular flexibility index (Phi) is 10.5. The van der Waals surface area contributed by atoms with Crippen LogP contribution in [-0.2, 0) is 6.54 Å². The van der Waals surface area contributed by atoms with Crippen molar-refractivity contribution in [1.82, 2.24) is 15.2 Å². The van der Waals surface area contributed by atoms with Crippen LogP contribution in [0.3, 0.4) is 0 Å². The maximum atomic E-state index is 13.0. The van der Waals surface area contributed by atoms with Crippen molar-refractivity contribution in [2.75, 3.05) is 38.5 Å². The van der Waals surface area contributed by atoms with Gasteiger partial charge in [-0.05, 0) is 73.4 Å². The zero-order chi connectivity index (χ0) is 26.8. The first-order valence-corrected chi connectivity index (χ1v) is 13.2. The highest BCUT2D eigenvalue weighted by Gasteiger charge is 2.19. The molecule has 0 aliphatic rings. The Hall–Kier alpha value is -3.40. The molecule has 9 heteroatoms. The number of hydrogen-bond donors (Lipinski definition) is 2. The van der Waals surface area contributed by atoms with Crippen LogP contribution < -0.4 is 10.7 Å². The number of halogens is 1. The smallest absolute Gasteiger partial charge is 0.274 e. The number of benzene rings is 2. The number of carbonyl (C=O) groups excluding carboxylic acids is 2. The van der Waals surface area contributed by atoms with Gasteiger partial charge in [0.1, 0.15) is 10.8 Å². The molecule has 2 aromatic carbocycles. The van der Waals surface area contributed by atoms with E-state index in [9.17, 15) is 14.0 Å². The van der Waals surface area contributed by atoms with E-state index in [1.807, 2.05) is 23.6 Å². The van der Waals surface area contributed by atoms with Crippen LogP contribution in [0.1, 0.15) is 51.3 Å². The summed E-state index contributed by atoms with van der Waals surface area (Å²) in [4.78, 5) is 30.5. The molecule has 0 saturated heterocycles. The van der Waals surface area contributed by atoms with E-state index in [0.717, 1.165) is 43.9 Å². The van der Waals surface area contributed by atoms with Crippen molar-refractivity contribution in [2.24, 2.45) is 5.10 Å². The van der Waals surface area contributed by atoms with E-state index in [4.69, 9.17) is 0 Å². The molecular weight excluding hydrogens is 489 g/mol. The zero-order valence-corrected chi connectivity index (χ0v) is 22.6. The molecule has 0 radical (unpaired) electrons. The highest BCUT2D eigenvalue weighted by atomic mass is 32.1. The molecule has 2 amide bonds. The minimum Gasteiger partial charge on any atom is -0.313 e. The molecule has 0 aliphatic heterocycles. The Bertz CT molecular complexity index is 1220. The van der Waals surface area contributed by atoms with Crippen molar-refractivity contribution in [2.45, 2.75) is 27.3 Å². The van der Waals surface area contributed by atoms with Crippen LogP contribution in [0.15, 0.2) is 59.0 Å². The topological polar surface area (TPSA) is 77.0 Å². The minimum absolute atomic E-state index is 0.279. The van der Waals surface area contributed by atoms with Gasteiger partial charge in [-0.2, -0.15) is 5.10 Å². The van der Waals surface area contributed by atoms with Gasteiger partial charge in [0.05, 0.1) is 11.8 Å². The van der Waals surface area contributed by atoms with E-state index in [2.05, 4.69) is 46.5 Å². The number of anilines is 1. The fourth-order valence-electron chi connectivity index (χ4n) is 3.82. The molecule has 0 spiro atoms. The Morgan fingerprint density at radius 2 is 1.78 bits per heavy atom. The van der Waals surface area contributed by atoms with E-state index in [1.54, 1.807) is 25.1 Å². The molecule has 0 aliphatic carbocycles. The van der Waals surface area contributed by atoms with E-state index in [0.29, 0.717) is 21.7 Å². The van der Waals surface area contributed by atoms with Crippen molar-refractivity contribution in [3.05, 3.63) is 87.5 Å². The third kappa shape index (κ3) is 8.31. The van der Waals surface area contributed by atoms with Gasteiger partial charge in [-0.15, -0.1) is 11.3 Å². The average Bonchev–Trinajstić information content (AvgIpc) is 3.25. The Morgan fingerprint density at radius 3 is 2.49 bits per heavy atom. The third-order valence-corrected chi connectivity index (χ3v) is 7.03. The number of nitrogens with zero attached hydrogens (tertiary/aromatic N) is 3. The maximum Gasteiger partial charge on any atom is 0.274 e. The number of thiophene rings is 1. The first-order chi connectivity index (χ1) is 17.8. The number of likely N-dealkylation sites (N-methyl/N-ethyl adjacent to an activating group) is 2. The lowest BCUT2D eigenvalue weighted by atomic mass is 10.1. The molecule has 196 valence electrons. The first kappa shape index (κ1) is 28.2. The predicted octanol–water partition coefficient (Wildman–Crippen LogP) is 4.99. The zero-order valence-electron chi connectivity index (χ0n) is 21.8. The average molecular weight is 524 g/mol. The van der Waals surface area contributed by atoms with E-state index in [1.165, 1.54) is 29.7 Å². The fraction of sp³-hybridized carbons (Fsp3) is 0.321. The first-order valence-electron chi connectivity index (χ1n) is 12.3. The van der Waals surface area contributed by atoms with Gasteiger partial charge in [-0.25, -0.2) is 9.82 Å². The van der Waals surface area contributed by atoms with Gasteiger partial charge in [0.15, 0.2) is 0 Å². The SMILES string of the molecule is CCN(CC)CCN(C)Cc1cccc(C(=O)Nc2scc(C)c2C(=O)N/N=C/c2ccc(F)cc2)c1. The summed E-state index contributed by atoms with van der Waals surface area (Å²) in [6.07, 6.45) is 1.43. The summed E-state index contributed by atoms with van der Waals surface area (Å²) >= 11 is 1.29. The van der Waals surface area contributed by atoms with Gasteiger partial charge in [0.2, 0.25) is 0 Å². The molecule has 0 saturated carbocycles. The summed E-state index contributed by atoms with van der Waals surface area (Å²) < 4.78 is 13.0. The molecule has 3 aromatic rings.